The smallest absolute Gasteiger partial charge is 0.0621 e. The van der Waals surface area contributed by atoms with Crippen LogP contribution in [0.25, 0.3) is 0 Å². The molecule has 0 amide bonds. The van der Waals surface area contributed by atoms with E-state index in [0.717, 1.165) is 6.61 Å². The van der Waals surface area contributed by atoms with Gasteiger partial charge in [0.2, 0.25) is 0 Å². The molecule has 2 heteroatoms. The number of rotatable bonds is 4. The van der Waals surface area contributed by atoms with E-state index in [1.54, 1.807) is 7.11 Å². The molecule has 2 nitrogen and oxygen atoms in total. The second kappa shape index (κ2) is 4.83. The average Bonchev–Trinajstić information content (AvgIpc) is 1.83. The highest BCUT2D eigenvalue weighted by Gasteiger charge is 2.24. The Morgan fingerprint density at radius 3 is 2.00 bits per heavy atom. The first-order chi connectivity index (χ1) is 5.38. The maximum Gasteiger partial charge on any atom is 0.0621 e. The number of hydrogen-bond donors (Lipinski definition) is 1. The van der Waals surface area contributed by atoms with Crippen LogP contribution in [0, 0.1) is 5.41 Å². The van der Waals surface area contributed by atoms with Crippen LogP contribution in [-0.4, -0.2) is 25.8 Å². The molecule has 1 N–H and O–H groups in total. The summed E-state index contributed by atoms with van der Waals surface area (Å²) in [5, 5.41) is 3.50. The molecule has 0 aliphatic rings. The summed E-state index contributed by atoms with van der Waals surface area (Å²) in [5.74, 6) is 0. The first kappa shape index (κ1) is 11.9. The van der Waals surface area contributed by atoms with Crippen molar-refractivity contribution >= 4 is 0 Å². The predicted octanol–water partition coefficient (Wildman–Crippen LogP) is 2.05. The summed E-state index contributed by atoms with van der Waals surface area (Å²) in [6.07, 6.45) is 0. The summed E-state index contributed by atoms with van der Waals surface area (Å²) in [6.45, 7) is 11.8. The van der Waals surface area contributed by atoms with Gasteiger partial charge in [0, 0.05) is 19.2 Å². The van der Waals surface area contributed by atoms with Crippen molar-refractivity contribution in [3.63, 3.8) is 0 Å². The highest BCUT2D eigenvalue weighted by molar-refractivity contribution is 4.81. The topological polar surface area (TPSA) is 21.3 Å². The second-order valence-electron chi connectivity index (χ2n) is 4.70. The van der Waals surface area contributed by atoms with Gasteiger partial charge in [0.1, 0.15) is 0 Å². The van der Waals surface area contributed by atoms with Crippen molar-refractivity contribution in [2.75, 3.05) is 13.7 Å². The van der Waals surface area contributed by atoms with Gasteiger partial charge in [-0.1, -0.05) is 34.6 Å². The first-order valence-corrected chi connectivity index (χ1v) is 4.63. The van der Waals surface area contributed by atoms with Crippen LogP contribution in [0.15, 0.2) is 0 Å². The lowest BCUT2D eigenvalue weighted by Crippen LogP contribution is -2.46. The third kappa shape index (κ3) is 4.73. The molecule has 0 spiro atoms. The maximum absolute atomic E-state index is 5.17. The number of methoxy groups -OCH3 is 1. The molecule has 1 atom stereocenters. The minimum absolute atomic E-state index is 0.264. The summed E-state index contributed by atoms with van der Waals surface area (Å²) in [6, 6.07) is 0.951. The number of nitrogens with one attached hydrogen (secondary N) is 1. The van der Waals surface area contributed by atoms with Crippen molar-refractivity contribution in [3.8, 4) is 0 Å². The Hall–Kier alpha value is -0.0800. The van der Waals surface area contributed by atoms with Gasteiger partial charge in [-0.25, -0.2) is 0 Å². The van der Waals surface area contributed by atoms with Gasteiger partial charge in [-0.05, 0) is 5.41 Å². The molecule has 0 unspecified atom stereocenters. The van der Waals surface area contributed by atoms with E-state index in [2.05, 4.69) is 39.9 Å². The highest BCUT2D eigenvalue weighted by atomic mass is 16.5. The molecule has 0 bridgehead atoms. The van der Waals surface area contributed by atoms with Crippen molar-refractivity contribution in [1.29, 1.82) is 0 Å². The molecule has 0 aliphatic carbocycles. The summed E-state index contributed by atoms with van der Waals surface area (Å²) < 4.78 is 5.17. The Bertz CT molecular complexity index is 115. The Balaban J connectivity index is 4.04. The largest absolute Gasteiger partial charge is 0.383 e. The zero-order chi connectivity index (χ0) is 9.78. The standard InChI is InChI=1S/C10H23NO/c1-8(2)11-9(7-12-6)10(3,4)5/h8-9,11H,7H2,1-6H3/t9-/m1/s1. The summed E-state index contributed by atoms with van der Waals surface area (Å²) >= 11 is 0. The van der Waals surface area contributed by atoms with Crippen LogP contribution < -0.4 is 5.32 Å². The fourth-order valence-corrected chi connectivity index (χ4v) is 1.12. The van der Waals surface area contributed by atoms with E-state index < -0.39 is 0 Å². The van der Waals surface area contributed by atoms with Crippen LogP contribution in [-0.2, 0) is 4.74 Å². The van der Waals surface area contributed by atoms with Gasteiger partial charge in [-0.2, -0.15) is 0 Å². The van der Waals surface area contributed by atoms with Gasteiger partial charge in [0.15, 0.2) is 0 Å². The van der Waals surface area contributed by atoms with Crippen molar-refractivity contribution in [1.82, 2.24) is 5.32 Å². The Morgan fingerprint density at radius 1 is 1.25 bits per heavy atom. The molecule has 0 aromatic rings. The van der Waals surface area contributed by atoms with Gasteiger partial charge >= 0.3 is 0 Å². The molecule has 12 heavy (non-hydrogen) atoms. The summed E-state index contributed by atoms with van der Waals surface area (Å²) in [7, 11) is 1.75. The SMILES string of the molecule is COC[C@@H](NC(C)C)C(C)(C)C. The number of ether oxygens (including phenoxy) is 1. The van der Waals surface area contributed by atoms with E-state index in [9.17, 15) is 0 Å². The third-order valence-corrected chi connectivity index (χ3v) is 1.91. The molecule has 0 aromatic heterocycles. The van der Waals surface area contributed by atoms with Crippen LogP contribution >= 0.6 is 0 Å². The predicted molar refractivity (Wildman–Crippen MR) is 53.4 cm³/mol. The van der Waals surface area contributed by atoms with Crippen LogP contribution in [0.4, 0.5) is 0 Å². The molecule has 0 fully saturated rings. The lowest BCUT2D eigenvalue weighted by Gasteiger charge is -2.32. The maximum atomic E-state index is 5.17. The molecule has 0 aromatic carbocycles. The molecular formula is C10H23NO. The average molecular weight is 173 g/mol. The zero-order valence-electron chi connectivity index (χ0n) is 9.27. The molecule has 0 radical (unpaired) electrons. The zero-order valence-corrected chi connectivity index (χ0v) is 9.27. The molecule has 0 saturated carbocycles. The normalized spacial score (nSPS) is 15.2. The van der Waals surface area contributed by atoms with E-state index >= 15 is 0 Å². The minimum atomic E-state index is 0.264. The van der Waals surface area contributed by atoms with E-state index in [1.807, 2.05) is 0 Å². The van der Waals surface area contributed by atoms with Crippen molar-refractivity contribution in [2.24, 2.45) is 5.41 Å². The number of hydrogen-bond acceptors (Lipinski definition) is 2. The Kier molecular flexibility index (Phi) is 4.80. The van der Waals surface area contributed by atoms with Gasteiger partial charge in [-0.3, -0.25) is 0 Å². The lowest BCUT2D eigenvalue weighted by molar-refractivity contribution is 0.109. The van der Waals surface area contributed by atoms with Gasteiger partial charge in [-0.15, -0.1) is 0 Å². The van der Waals surface area contributed by atoms with Crippen molar-refractivity contribution in [2.45, 2.75) is 46.7 Å². The molecule has 0 rings (SSSR count). The van der Waals surface area contributed by atoms with E-state index in [-0.39, 0.29) is 5.41 Å². The molecule has 74 valence electrons. The monoisotopic (exact) mass is 173 g/mol. The molecule has 0 saturated heterocycles. The van der Waals surface area contributed by atoms with E-state index in [1.165, 1.54) is 0 Å². The summed E-state index contributed by atoms with van der Waals surface area (Å²) in [4.78, 5) is 0. The molecular weight excluding hydrogens is 150 g/mol. The minimum Gasteiger partial charge on any atom is -0.383 e. The van der Waals surface area contributed by atoms with Crippen LogP contribution in [0.5, 0.6) is 0 Å². The third-order valence-electron chi connectivity index (χ3n) is 1.91. The second-order valence-corrected chi connectivity index (χ2v) is 4.70. The van der Waals surface area contributed by atoms with E-state index in [4.69, 9.17) is 4.74 Å². The molecule has 0 heterocycles. The fourth-order valence-electron chi connectivity index (χ4n) is 1.12. The van der Waals surface area contributed by atoms with Crippen LogP contribution in [0.1, 0.15) is 34.6 Å². The Morgan fingerprint density at radius 2 is 1.75 bits per heavy atom. The fraction of sp³-hybridized carbons (Fsp3) is 1.00. The quantitative estimate of drug-likeness (QED) is 0.702. The highest BCUT2D eigenvalue weighted by Crippen LogP contribution is 2.19. The van der Waals surface area contributed by atoms with Crippen LogP contribution in [0.3, 0.4) is 0 Å². The van der Waals surface area contributed by atoms with Gasteiger partial charge in [0.25, 0.3) is 0 Å². The van der Waals surface area contributed by atoms with Crippen molar-refractivity contribution in [3.05, 3.63) is 0 Å². The first-order valence-electron chi connectivity index (χ1n) is 4.63. The molecule has 0 aliphatic heterocycles. The summed E-state index contributed by atoms with van der Waals surface area (Å²) in [5.41, 5.74) is 0.264. The van der Waals surface area contributed by atoms with Gasteiger partial charge < -0.3 is 10.1 Å². The van der Waals surface area contributed by atoms with E-state index in [0.29, 0.717) is 12.1 Å². The van der Waals surface area contributed by atoms with Gasteiger partial charge in [0.05, 0.1) is 6.61 Å². The van der Waals surface area contributed by atoms with Crippen molar-refractivity contribution < 1.29 is 4.74 Å². The lowest BCUT2D eigenvalue weighted by atomic mass is 9.87. The van der Waals surface area contributed by atoms with Crippen LogP contribution in [0.2, 0.25) is 0 Å². The Labute approximate surface area is 76.7 Å².